The second-order valence-corrected chi connectivity index (χ2v) is 9.52. The first-order valence-electron chi connectivity index (χ1n) is 12.2. The Bertz CT molecular complexity index is 834. The van der Waals surface area contributed by atoms with Gasteiger partial charge in [-0.3, -0.25) is 14.8 Å². The van der Waals surface area contributed by atoms with Crippen molar-refractivity contribution in [1.29, 1.82) is 0 Å². The van der Waals surface area contributed by atoms with Gasteiger partial charge in [0.25, 0.3) is 0 Å². The molecule has 2 N–H and O–H groups in total. The van der Waals surface area contributed by atoms with Gasteiger partial charge in [-0.15, -0.1) is 0 Å². The summed E-state index contributed by atoms with van der Waals surface area (Å²) in [5, 5.41) is 9.33. The topological polar surface area (TPSA) is 88.1 Å². The summed E-state index contributed by atoms with van der Waals surface area (Å²) in [5.74, 6) is -1.47. The van der Waals surface area contributed by atoms with E-state index in [2.05, 4.69) is 18.2 Å². The van der Waals surface area contributed by atoms with Crippen LogP contribution in [0, 0.1) is 11.8 Å². The van der Waals surface area contributed by atoms with Crippen molar-refractivity contribution >= 4 is 17.4 Å². The van der Waals surface area contributed by atoms with Gasteiger partial charge in [0, 0.05) is 26.1 Å². The lowest BCUT2D eigenvalue weighted by molar-refractivity contribution is -0.152. The highest BCUT2D eigenvalue weighted by Gasteiger charge is 2.42. The number of hydrogen-bond acceptors (Lipinski definition) is 5. The van der Waals surface area contributed by atoms with Crippen LogP contribution in [0.5, 0.6) is 0 Å². The number of carbonyl (C=O) groups excluding carboxylic acids is 2. The predicted molar refractivity (Wildman–Crippen MR) is 124 cm³/mol. The molecule has 0 unspecified atom stereocenters. The number of nitrogens with one attached hydrogen (secondary N) is 1. The van der Waals surface area contributed by atoms with E-state index in [-0.39, 0.29) is 18.1 Å². The molecule has 2 saturated carbocycles. The third kappa shape index (κ3) is 5.83. The molecule has 7 nitrogen and oxygen atoms in total. The monoisotopic (exact) mass is 456 g/mol. The fourth-order valence-corrected chi connectivity index (χ4v) is 5.62. The van der Waals surface area contributed by atoms with Gasteiger partial charge >= 0.3 is 0 Å². The highest BCUT2D eigenvalue weighted by molar-refractivity contribution is 5.88. The largest absolute Gasteiger partial charge is 0.381 e. The fraction of sp³-hybridized carbons (Fsp3) is 0.615. The van der Waals surface area contributed by atoms with E-state index in [0.29, 0.717) is 32.0 Å². The molecule has 0 aromatic heterocycles. The molecule has 2 amide bonds. The van der Waals surface area contributed by atoms with E-state index >= 15 is 0 Å². The van der Waals surface area contributed by atoms with Crippen LogP contribution in [0.15, 0.2) is 36.4 Å². The summed E-state index contributed by atoms with van der Waals surface area (Å²) in [4.78, 5) is 27.7. The van der Waals surface area contributed by atoms with Gasteiger partial charge in [-0.1, -0.05) is 36.4 Å². The van der Waals surface area contributed by atoms with E-state index in [0.717, 1.165) is 38.5 Å². The first kappa shape index (κ1) is 23.9. The molecule has 0 bridgehead atoms. The van der Waals surface area contributed by atoms with Gasteiger partial charge in [0.2, 0.25) is 11.8 Å². The van der Waals surface area contributed by atoms with E-state index in [9.17, 15) is 14.8 Å². The smallest absolute Gasteiger partial charge is 0.247 e. The molecule has 7 heteroatoms. The quantitative estimate of drug-likeness (QED) is 0.505. The number of benzene rings is 1. The lowest BCUT2D eigenvalue weighted by Crippen LogP contribution is -2.48. The Kier molecular flexibility index (Phi) is 8.17. The number of hydrogen-bond donors (Lipinski definition) is 2. The van der Waals surface area contributed by atoms with Crippen LogP contribution in [0.1, 0.15) is 56.9 Å². The molecule has 0 saturated heterocycles. The molecule has 0 spiro atoms. The van der Waals surface area contributed by atoms with Crippen molar-refractivity contribution in [1.82, 2.24) is 10.4 Å². The molecule has 1 heterocycles. The summed E-state index contributed by atoms with van der Waals surface area (Å²) in [6.07, 6.45) is 9.05. The number of methoxy groups -OCH3 is 1. The second kappa shape index (κ2) is 11.3. The molecule has 1 aromatic rings. The molecule has 4 rings (SSSR count). The van der Waals surface area contributed by atoms with Crippen LogP contribution in [0.2, 0.25) is 0 Å². The van der Waals surface area contributed by atoms with Crippen LogP contribution in [-0.4, -0.2) is 60.4 Å². The maximum absolute atomic E-state index is 13.4. The van der Waals surface area contributed by atoms with Crippen LogP contribution in [0.3, 0.4) is 0 Å². The molecule has 2 aliphatic carbocycles. The summed E-state index contributed by atoms with van der Waals surface area (Å²) >= 11 is 0. The molecular formula is C26H36N2O5. The van der Waals surface area contributed by atoms with E-state index in [4.69, 9.17) is 9.47 Å². The van der Waals surface area contributed by atoms with Crippen LogP contribution >= 0.6 is 0 Å². The summed E-state index contributed by atoms with van der Waals surface area (Å²) in [5.41, 5.74) is 4.24. The van der Waals surface area contributed by atoms with Crippen LogP contribution in [-0.2, 0) is 19.1 Å². The SMILES string of the molecule is COC1CCC(O[C@@H]2CC[C@H](C(=O)N3CC=C(c4ccccc4)CC3)[C@@H](C(=O)NO)C2)CC1. The zero-order valence-electron chi connectivity index (χ0n) is 19.4. The Morgan fingerprint density at radius 2 is 1.67 bits per heavy atom. The van der Waals surface area contributed by atoms with Crippen molar-refractivity contribution in [2.45, 2.75) is 69.7 Å². The number of carbonyl (C=O) groups is 2. The molecule has 1 aliphatic heterocycles. The minimum Gasteiger partial charge on any atom is -0.381 e. The van der Waals surface area contributed by atoms with Gasteiger partial charge in [-0.25, -0.2) is 5.48 Å². The van der Waals surface area contributed by atoms with E-state index in [1.807, 2.05) is 23.1 Å². The minimum absolute atomic E-state index is 0.00557. The number of hydroxylamine groups is 1. The lowest BCUT2D eigenvalue weighted by atomic mass is 9.76. The molecule has 3 aliphatic rings. The van der Waals surface area contributed by atoms with Crippen LogP contribution in [0.25, 0.3) is 5.57 Å². The van der Waals surface area contributed by atoms with E-state index in [1.54, 1.807) is 12.6 Å². The molecule has 1 aromatic carbocycles. The predicted octanol–water partition coefficient (Wildman–Crippen LogP) is 3.57. The van der Waals surface area contributed by atoms with Gasteiger partial charge in [0.1, 0.15) is 0 Å². The molecule has 0 radical (unpaired) electrons. The van der Waals surface area contributed by atoms with Gasteiger partial charge in [-0.05, 0) is 62.5 Å². The maximum Gasteiger partial charge on any atom is 0.247 e. The fourth-order valence-electron chi connectivity index (χ4n) is 5.62. The van der Waals surface area contributed by atoms with Gasteiger partial charge in [0.15, 0.2) is 0 Å². The van der Waals surface area contributed by atoms with E-state index in [1.165, 1.54) is 11.1 Å². The Hall–Kier alpha value is -2.22. The maximum atomic E-state index is 13.4. The van der Waals surface area contributed by atoms with Gasteiger partial charge in [0.05, 0.1) is 24.2 Å². The van der Waals surface area contributed by atoms with Crippen molar-refractivity contribution in [2.24, 2.45) is 11.8 Å². The average molecular weight is 457 g/mol. The van der Waals surface area contributed by atoms with Crippen molar-refractivity contribution in [2.75, 3.05) is 20.2 Å². The highest BCUT2D eigenvalue weighted by atomic mass is 16.5. The van der Waals surface area contributed by atoms with Crippen molar-refractivity contribution < 1.29 is 24.3 Å². The molecule has 2 fully saturated rings. The molecule has 180 valence electrons. The average Bonchev–Trinajstić information content (AvgIpc) is 2.89. The molecule has 33 heavy (non-hydrogen) atoms. The third-order valence-electron chi connectivity index (χ3n) is 7.57. The van der Waals surface area contributed by atoms with Crippen LogP contribution in [0.4, 0.5) is 0 Å². The first-order chi connectivity index (χ1) is 16.1. The summed E-state index contributed by atoms with van der Waals surface area (Å²) in [6.45, 7) is 1.20. The Labute approximate surface area is 196 Å². The molecular weight excluding hydrogens is 420 g/mol. The highest BCUT2D eigenvalue weighted by Crippen LogP contribution is 2.36. The van der Waals surface area contributed by atoms with Crippen LogP contribution < -0.4 is 5.48 Å². The van der Waals surface area contributed by atoms with Gasteiger partial charge < -0.3 is 14.4 Å². The third-order valence-corrected chi connectivity index (χ3v) is 7.57. The standard InChI is InChI=1S/C26H36N2O5/c1-32-20-7-9-21(10-8-20)33-22-11-12-23(24(17-22)25(29)27-31)26(30)28-15-13-19(14-16-28)18-5-3-2-4-6-18/h2-6,13,20-24,31H,7-12,14-17H2,1H3,(H,27,29)/t20?,21?,22-,23+,24+/m1/s1. The van der Waals surface area contributed by atoms with E-state index < -0.39 is 17.7 Å². The summed E-state index contributed by atoms with van der Waals surface area (Å²) < 4.78 is 11.8. The first-order valence-corrected chi connectivity index (χ1v) is 12.2. The van der Waals surface area contributed by atoms with Crippen molar-refractivity contribution in [3.63, 3.8) is 0 Å². The van der Waals surface area contributed by atoms with Crippen molar-refractivity contribution in [3.05, 3.63) is 42.0 Å². The zero-order chi connectivity index (χ0) is 23.2. The Morgan fingerprint density at radius 3 is 2.30 bits per heavy atom. The normalized spacial score (nSPS) is 30.4. The number of ether oxygens (including phenoxy) is 2. The Balaban J connectivity index is 1.35. The van der Waals surface area contributed by atoms with Crippen molar-refractivity contribution in [3.8, 4) is 0 Å². The number of nitrogens with zero attached hydrogens (tertiary/aromatic N) is 1. The molecule has 3 atom stereocenters. The van der Waals surface area contributed by atoms with Gasteiger partial charge in [-0.2, -0.15) is 0 Å². The minimum atomic E-state index is -0.573. The lowest BCUT2D eigenvalue weighted by Gasteiger charge is -2.39. The number of rotatable bonds is 6. The second-order valence-electron chi connectivity index (χ2n) is 9.52. The number of amides is 2. The summed E-state index contributed by atoms with van der Waals surface area (Å²) in [7, 11) is 1.75. The zero-order valence-corrected chi connectivity index (χ0v) is 19.4. The Morgan fingerprint density at radius 1 is 0.970 bits per heavy atom. The summed E-state index contributed by atoms with van der Waals surface area (Å²) in [6, 6.07) is 10.2.